The van der Waals surface area contributed by atoms with Crippen LogP contribution in [-0.4, -0.2) is 30.4 Å². The molecular weight excluding hydrogens is 266 g/mol. The van der Waals surface area contributed by atoms with E-state index in [4.69, 9.17) is 4.74 Å². The lowest BCUT2D eigenvalue weighted by Gasteiger charge is -2.16. The minimum atomic E-state index is -0.470. The maximum atomic E-state index is 12.0. The van der Waals surface area contributed by atoms with E-state index in [1.54, 1.807) is 43.4 Å². The van der Waals surface area contributed by atoms with Crippen molar-refractivity contribution in [3.63, 3.8) is 0 Å². The third kappa shape index (κ3) is 4.45. The molecule has 1 amide bonds. The summed E-state index contributed by atoms with van der Waals surface area (Å²) < 4.78 is 5.19. The van der Waals surface area contributed by atoms with E-state index < -0.39 is 6.09 Å². The van der Waals surface area contributed by atoms with Crippen molar-refractivity contribution < 1.29 is 14.3 Å². The van der Waals surface area contributed by atoms with E-state index in [9.17, 15) is 9.59 Å². The molecule has 0 atom stereocenters. The number of ketones is 1. The Balaban J connectivity index is 1.83. The lowest BCUT2D eigenvalue weighted by atomic mass is 10.1. The molecular formula is C17H17NO3. The highest BCUT2D eigenvalue weighted by atomic mass is 16.6. The van der Waals surface area contributed by atoms with Gasteiger partial charge in [-0.2, -0.15) is 0 Å². The minimum Gasteiger partial charge on any atom is -0.410 e. The van der Waals surface area contributed by atoms with Gasteiger partial charge in [-0.05, 0) is 12.1 Å². The Morgan fingerprint density at radius 3 is 2.14 bits per heavy atom. The fourth-order valence-corrected chi connectivity index (χ4v) is 1.80. The van der Waals surface area contributed by atoms with Crippen molar-refractivity contribution in [2.24, 2.45) is 0 Å². The third-order valence-electron chi connectivity index (χ3n) is 3.03. The average Bonchev–Trinajstić information content (AvgIpc) is 2.54. The number of rotatable bonds is 5. The summed E-state index contributed by atoms with van der Waals surface area (Å²) in [5.74, 6) is 0.499. The van der Waals surface area contributed by atoms with Crippen molar-refractivity contribution in [2.45, 2.75) is 6.42 Å². The molecule has 4 heteroatoms. The number of ether oxygens (including phenoxy) is 1. The van der Waals surface area contributed by atoms with Gasteiger partial charge >= 0.3 is 6.09 Å². The summed E-state index contributed by atoms with van der Waals surface area (Å²) in [4.78, 5) is 25.2. The predicted molar refractivity (Wildman–Crippen MR) is 80.5 cm³/mol. The maximum Gasteiger partial charge on any atom is 0.414 e. The first kappa shape index (κ1) is 14.8. The summed E-state index contributed by atoms with van der Waals surface area (Å²) in [6.07, 6.45) is -0.202. The first-order chi connectivity index (χ1) is 10.2. The van der Waals surface area contributed by atoms with Crippen LogP contribution in [0.1, 0.15) is 16.8 Å². The van der Waals surface area contributed by atoms with E-state index in [0.717, 1.165) is 0 Å². The van der Waals surface area contributed by atoms with Gasteiger partial charge in [-0.25, -0.2) is 4.79 Å². The number of hydrogen-bond donors (Lipinski definition) is 0. The molecule has 0 aliphatic rings. The van der Waals surface area contributed by atoms with E-state index in [2.05, 4.69) is 0 Å². The van der Waals surface area contributed by atoms with Gasteiger partial charge < -0.3 is 9.64 Å². The van der Waals surface area contributed by atoms with E-state index in [1.807, 2.05) is 24.3 Å². The smallest absolute Gasteiger partial charge is 0.410 e. The zero-order valence-corrected chi connectivity index (χ0v) is 11.9. The summed E-state index contributed by atoms with van der Waals surface area (Å²) in [6, 6.07) is 17.9. The fourth-order valence-electron chi connectivity index (χ4n) is 1.80. The average molecular weight is 283 g/mol. The summed E-state index contributed by atoms with van der Waals surface area (Å²) in [5.41, 5.74) is 0.655. The van der Waals surface area contributed by atoms with Crippen molar-refractivity contribution in [1.82, 2.24) is 4.90 Å². The van der Waals surface area contributed by atoms with Crippen molar-refractivity contribution in [1.29, 1.82) is 0 Å². The standard InChI is InChI=1S/C17H17NO3/c1-18(17(20)21-15-10-6-3-7-11-15)13-12-16(19)14-8-4-2-5-9-14/h2-11H,12-13H2,1H3. The first-order valence-corrected chi connectivity index (χ1v) is 6.73. The van der Waals surface area contributed by atoms with Gasteiger partial charge in [0.2, 0.25) is 0 Å². The van der Waals surface area contributed by atoms with Crippen LogP contribution >= 0.6 is 0 Å². The Kier molecular flexibility index (Phi) is 5.10. The highest BCUT2D eigenvalue weighted by molar-refractivity contribution is 5.96. The second-order valence-corrected chi connectivity index (χ2v) is 4.64. The molecule has 0 fully saturated rings. The predicted octanol–water partition coefficient (Wildman–Crippen LogP) is 3.39. The number of carbonyl (C=O) groups is 2. The second kappa shape index (κ2) is 7.24. The van der Waals surface area contributed by atoms with Crippen molar-refractivity contribution in [3.8, 4) is 5.75 Å². The number of para-hydroxylation sites is 1. The zero-order chi connectivity index (χ0) is 15.1. The Labute approximate surface area is 124 Å². The molecule has 0 aromatic heterocycles. The highest BCUT2D eigenvalue weighted by Gasteiger charge is 2.13. The molecule has 0 N–H and O–H groups in total. The zero-order valence-electron chi connectivity index (χ0n) is 11.9. The van der Waals surface area contributed by atoms with Crippen LogP contribution in [0.25, 0.3) is 0 Å². The molecule has 0 saturated carbocycles. The summed E-state index contributed by atoms with van der Waals surface area (Å²) >= 11 is 0. The van der Waals surface area contributed by atoms with Crippen LogP contribution in [0.3, 0.4) is 0 Å². The molecule has 0 unspecified atom stereocenters. The van der Waals surface area contributed by atoms with Crippen molar-refractivity contribution >= 4 is 11.9 Å². The van der Waals surface area contributed by atoms with Gasteiger partial charge in [0, 0.05) is 25.6 Å². The first-order valence-electron chi connectivity index (χ1n) is 6.73. The molecule has 0 bridgehead atoms. The number of amides is 1. The van der Waals surface area contributed by atoms with E-state index >= 15 is 0 Å². The topological polar surface area (TPSA) is 46.6 Å². The Morgan fingerprint density at radius 1 is 0.952 bits per heavy atom. The van der Waals surface area contributed by atoms with Crippen LogP contribution < -0.4 is 4.74 Å². The normalized spacial score (nSPS) is 9.95. The van der Waals surface area contributed by atoms with Crippen LogP contribution in [-0.2, 0) is 0 Å². The molecule has 0 aliphatic heterocycles. The maximum absolute atomic E-state index is 12.0. The van der Waals surface area contributed by atoms with Crippen LogP contribution in [0.2, 0.25) is 0 Å². The van der Waals surface area contributed by atoms with Crippen molar-refractivity contribution in [3.05, 3.63) is 66.2 Å². The van der Waals surface area contributed by atoms with Gasteiger partial charge in [0.1, 0.15) is 5.75 Å². The SMILES string of the molecule is CN(CCC(=O)c1ccccc1)C(=O)Oc1ccccc1. The lowest BCUT2D eigenvalue weighted by Crippen LogP contribution is -2.31. The summed E-state index contributed by atoms with van der Waals surface area (Å²) in [6.45, 7) is 0.319. The van der Waals surface area contributed by atoms with Crippen molar-refractivity contribution in [2.75, 3.05) is 13.6 Å². The summed E-state index contributed by atoms with van der Waals surface area (Å²) in [5, 5.41) is 0. The van der Waals surface area contributed by atoms with Gasteiger partial charge in [0.15, 0.2) is 5.78 Å². The third-order valence-corrected chi connectivity index (χ3v) is 3.03. The highest BCUT2D eigenvalue weighted by Crippen LogP contribution is 2.10. The Bertz CT molecular complexity index is 596. The molecule has 2 aromatic carbocycles. The molecule has 2 aromatic rings. The number of hydrogen-bond acceptors (Lipinski definition) is 3. The quantitative estimate of drug-likeness (QED) is 0.790. The molecule has 4 nitrogen and oxygen atoms in total. The van der Waals surface area contributed by atoms with E-state index in [1.165, 1.54) is 4.90 Å². The fraction of sp³-hybridized carbons (Fsp3) is 0.176. The molecule has 0 spiro atoms. The summed E-state index contributed by atoms with van der Waals surface area (Å²) in [7, 11) is 1.61. The van der Waals surface area contributed by atoms with Gasteiger partial charge in [-0.15, -0.1) is 0 Å². The minimum absolute atomic E-state index is 0.00922. The Morgan fingerprint density at radius 2 is 1.52 bits per heavy atom. The van der Waals surface area contributed by atoms with E-state index in [0.29, 0.717) is 17.9 Å². The van der Waals surface area contributed by atoms with Gasteiger partial charge in [-0.1, -0.05) is 48.5 Å². The molecule has 0 heterocycles. The Hall–Kier alpha value is -2.62. The number of benzene rings is 2. The monoisotopic (exact) mass is 283 g/mol. The molecule has 0 aliphatic carbocycles. The number of Topliss-reactive ketones (excluding diaryl/α,β-unsaturated/α-hetero) is 1. The molecule has 2 rings (SSSR count). The van der Waals surface area contributed by atoms with Crippen LogP contribution in [0, 0.1) is 0 Å². The number of carbonyl (C=O) groups excluding carboxylic acids is 2. The number of nitrogens with zero attached hydrogens (tertiary/aromatic N) is 1. The second-order valence-electron chi connectivity index (χ2n) is 4.64. The molecule has 0 radical (unpaired) electrons. The van der Waals surface area contributed by atoms with Gasteiger partial charge in [0.05, 0.1) is 0 Å². The largest absolute Gasteiger partial charge is 0.414 e. The lowest BCUT2D eigenvalue weighted by molar-refractivity contribution is 0.0968. The molecule has 108 valence electrons. The van der Waals surface area contributed by atoms with Gasteiger partial charge in [0.25, 0.3) is 0 Å². The molecule has 0 saturated heterocycles. The van der Waals surface area contributed by atoms with Crippen LogP contribution in [0.4, 0.5) is 4.79 Å². The molecule has 21 heavy (non-hydrogen) atoms. The van der Waals surface area contributed by atoms with Gasteiger partial charge in [-0.3, -0.25) is 4.79 Å². The van der Waals surface area contributed by atoms with Crippen LogP contribution in [0.5, 0.6) is 5.75 Å². The van der Waals surface area contributed by atoms with Crippen LogP contribution in [0.15, 0.2) is 60.7 Å². The van der Waals surface area contributed by atoms with E-state index in [-0.39, 0.29) is 12.2 Å².